The van der Waals surface area contributed by atoms with Crippen LogP contribution in [0.3, 0.4) is 0 Å². The Kier molecular flexibility index (Phi) is 3.52. The monoisotopic (exact) mass is 253 g/mol. The number of halogens is 1. The first kappa shape index (κ1) is 12.2. The van der Waals surface area contributed by atoms with E-state index in [1.807, 2.05) is 0 Å². The summed E-state index contributed by atoms with van der Waals surface area (Å²) in [5.74, 6) is 0.868. The van der Waals surface area contributed by atoms with Crippen molar-refractivity contribution in [2.75, 3.05) is 5.32 Å². The van der Waals surface area contributed by atoms with E-state index in [9.17, 15) is 4.79 Å². The molecule has 1 aromatic heterocycles. The lowest BCUT2D eigenvalue weighted by atomic mass is 10.1. The molecule has 4 nitrogen and oxygen atoms in total. The van der Waals surface area contributed by atoms with Crippen molar-refractivity contribution in [3.63, 3.8) is 0 Å². The summed E-state index contributed by atoms with van der Waals surface area (Å²) >= 11 is 6.06. The van der Waals surface area contributed by atoms with Gasteiger partial charge in [-0.1, -0.05) is 18.5 Å². The van der Waals surface area contributed by atoms with Gasteiger partial charge in [0, 0.05) is 12.2 Å². The third-order valence-corrected chi connectivity index (χ3v) is 3.45. The molecule has 92 valence electrons. The summed E-state index contributed by atoms with van der Waals surface area (Å²) in [6.07, 6.45) is 4.95. The zero-order chi connectivity index (χ0) is 12.4. The predicted octanol–water partition coefficient (Wildman–Crippen LogP) is 2.43. The molecule has 5 heteroatoms. The second-order valence-corrected chi connectivity index (χ2v) is 5.09. The standard InChI is InChI=1S/C12H16ClN3O/c1-7-2-3-9(4-7)16-12-10(13)5-8(6-15-12)11(14)17/h5-7,9H,2-4H2,1H3,(H2,14,17)(H,15,16). The molecule has 2 atom stereocenters. The minimum Gasteiger partial charge on any atom is -0.366 e. The number of aromatic nitrogens is 1. The van der Waals surface area contributed by atoms with E-state index in [0.717, 1.165) is 18.8 Å². The summed E-state index contributed by atoms with van der Waals surface area (Å²) in [6.45, 7) is 2.24. The van der Waals surface area contributed by atoms with Gasteiger partial charge in [-0.05, 0) is 31.2 Å². The molecule has 1 amide bonds. The molecule has 1 fully saturated rings. The van der Waals surface area contributed by atoms with Crippen LogP contribution in [0.5, 0.6) is 0 Å². The van der Waals surface area contributed by atoms with Gasteiger partial charge in [0.2, 0.25) is 5.91 Å². The molecule has 1 heterocycles. The van der Waals surface area contributed by atoms with E-state index in [1.54, 1.807) is 6.07 Å². The summed E-state index contributed by atoms with van der Waals surface area (Å²) in [4.78, 5) is 15.1. The van der Waals surface area contributed by atoms with Crippen LogP contribution in [-0.2, 0) is 0 Å². The number of carbonyl (C=O) groups excluding carboxylic acids is 1. The number of pyridine rings is 1. The van der Waals surface area contributed by atoms with E-state index >= 15 is 0 Å². The van der Waals surface area contributed by atoms with Crippen molar-refractivity contribution in [1.29, 1.82) is 0 Å². The van der Waals surface area contributed by atoms with Crippen LogP contribution in [0.15, 0.2) is 12.3 Å². The zero-order valence-electron chi connectivity index (χ0n) is 9.74. The van der Waals surface area contributed by atoms with E-state index in [4.69, 9.17) is 17.3 Å². The molecule has 1 aliphatic rings. The quantitative estimate of drug-likeness (QED) is 0.869. The number of carbonyl (C=O) groups is 1. The Morgan fingerprint density at radius 2 is 2.35 bits per heavy atom. The highest BCUT2D eigenvalue weighted by atomic mass is 35.5. The lowest BCUT2D eigenvalue weighted by molar-refractivity contribution is 0.1000. The Labute approximate surface area is 106 Å². The zero-order valence-corrected chi connectivity index (χ0v) is 10.5. The first-order chi connectivity index (χ1) is 8.06. The van der Waals surface area contributed by atoms with Crippen LogP contribution < -0.4 is 11.1 Å². The van der Waals surface area contributed by atoms with Crippen LogP contribution in [0, 0.1) is 5.92 Å². The molecule has 1 aliphatic carbocycles. The average Bonchev–Trinajstić information content (AvgIpc) is 2.67. The van der Waals surface area contributed by atoms with Crippen LogP contribution in [0.25, 0.3) is 0 Å². The summed E-state index contributed by atoms with van der Waals surface area (Å²) in [5.41, 5.74) is 5.49. The molecule has 0 spiro atoms. The fourth-order valence-electron chi connectivity index (χ4n) is 2.21. The number of nitrogens with two attached hydrogens (primary N) is 1. The third-order valence-electron chi connectivity index (χ3n) is 3.16. The van der Waals surface area contributed by atoms with Gasteiger partial charge in [-0.25, -0.2) is 4.98 Å². The number of hydrogen-bond donors (Lipinski definition) is 2. The topological polar surface area (TPSA) is 68.0 Å². The van der Waals surface area contributed by atoms with Crippen LogP contribution in [0.4, 0.5) is 5.82 Å². The highest BCUT2D eigenvalue weighted by molar-refractivity contribution is 6.33. The number of amides is 1. The number of nitrogens with one attached hydrogen (secondary N) is 1. The molecular weight excluding hydrogens is 238 g/mol. The van der Waals surface area contributed by atoms with Crippen molar-refractivity contribution in [2.45, 2.75) is 32.2 Å². The Morgan fingerprint density at radius 1 is 1.59 bits per heavy atom. The molecule has 17 heavy (non-hydrogen) atoms. The second-order valence-electron chi connectivity index (χ2n) is 4.68. The third kappa shape index (κ3) is 2.88. The molecule has 0 aromatic carbocycles. The number of primary amides is 1. The molecule has 1 saturated carbocycles. The van der Waals surface area contributed by atoms with Crippen molar-refractivity contribution >= 4 is 23.3 Å². The van der Waals surface area contributed by atoms with Crippen LogP contribution in [-0.4, -0.2) is 16.9 Å². The first-order valence-corrected chi connectivity index (χ1v) is 6.16. The molecule has 1 aromatic rings. The largest absolute Gasteiger partial charge is 0.366 e. The lowest BCUT2D eigenvalue weighted by Crippen LogP contribution is -2.17. The van der Waals surface area contributed by atoms with Gasteiger partial charge in [-0.2, -0.15) is 0 Å². The SMILES string of the molecule is CC1CCC(Nc2ncc(C(N)=O)cc2Cl)C1. The fourth-order valence-corrected chi connectivity index (χ4v) is 2.43. The Balaban J connectivity index is 2.09. The van der Waals surface area contributed by atoms with Crippen molar-refractivity contribution in [3.05, 3.63) is 22.8 Å². The van der Waals surface area contributed by atoms with Crippen LogP contribution in [0.2, 0.25) is 5.02 Å². The Hall–Kier alpha value is -1.29. The first-order valence-electron chi connectivity index (χ1n) is 5.78. The summed E-state index contributed by atoms with van der Waals surface area (Å²) < 4.78 is 0. The Morgan fingerprint density at radius 3 is 2.88 bits per heavy atom. The van der Waals surface area contributed by atoms with Crippen molar-refractivity contribution in [3.8, 4) is 0 Å². The lowest BCUT2D eigenvalue weighted by Gasteiger charge is -2.14. The van der Waals surface area contributed by atoms with Crippen molar-refractivity contribution in [2.24, 2.45) is 11.7 Å². The minimum atomic E-state index is -0.513. The predicted molar refractivity (Wildman–Crippen MR) is 68.2 cm³/mol. The van der Waals surface area contributed by atoms with Gasteiger partial charge >= 0.3 is 0 Å². The fraction of sp³-hybridized carbons (Fsp3) is 0.500. The minimum absolute atomic E-state index is 0.334. The van der Waals surface area contributed by atoms with E-state index in [1.165, 1.54) is 12.6 Å². The van der Waals surface area contributed by atoms with E-state index < -0.39 is 5.91 Å². The van der Waals surface area contributed by atoms with Crippen LogP contribution in [0.1, 0.15) is 36.5 Å². The van der Waals surface area contributed by atoms with Gasteiger partial charge in [-0.15, -0.1) is 0 Å². The van der Waals surface area contributed by atoms with E-state index in [0.29, 0.717) is 22.4 Å². The van der Waals surface area contributed by atoms with Gasteiger partial charge in [0.1, 0.15) is 5.82 Å². The Bertz CT molecular complexity index is 436. The van der Waals surface area contributed by atoms with Gasteiger partial charge in [0.05, 0.1) is 10.6 Å². The second kappa shape index (κ2) is 4.92. The van der Waals surface area contributed by atoms with Gasteiger partial charge < -0.3 is 11.1 Å². The molecule has 2 rings (SSSR count). The maximum Gasteiger partial charge on any atom is 0.250 e. The van der Waals surface area contributed by atoms with Gasteiger partial charge in [0.15, 0.2) is 0 Å². The average molecular weight is 254 g/mol. The summed E-state index contributed by atoms with van der Waals surface area (Å²) in [5, 5.41) is 3.76. The molecule has 0 saturated heterocycles. The number of hydrogen-bond acceptors (Lipinski definition) is 3. The summed E-state index contributed by atoms with van der Waals surface area (Å²) in [7, 11) is 0. The number of anilines is 1. The maximum atomic E-state index is 11.0. The van der Waals surface area contributed by atoms with E-state index in [-0.39, 0.29) is 0 Å². The molecule has 0 aliphatic heterocycles. The highest BCUT2D eigenvalue weighted by Crippen LogP contribution is 2.29. The normalized spacial score (nSPS) is 23.6. The summed E-state index contributed by atoms with van der Waals surface area (Å²) in [6, 6.07) is 1.98. The van der Waals surface area contributed by atoms with E-state index in [2.05, 4.69) is 17.2 Å². The van der Waals surface area contributed by atoms with Gasteiger partial charge in [-0.3, -0.25) is 4.79 Å². The van der Waals surface area contributed by atoms with Crippen LogP contribution >= 0.6 is 11.6 Å². The van der Waals surface area contributed by atoms with Gasteiger partial charge in [0.25, 0.3) is 0 Å². The van der Waals surface area contributed by atoms with Crippen molar-refractivity contribution in [1.82, 2.24) is 4.98 Å². The maximum absolute atomic E-state index is 11.0. The number of nitrogens with zero attached hydrogens (tertiary/aromatic N) is 1. The molecule has 2 unspecified atom stereocenters. The number of rotatable bonds is 3. The molecule has 0 radical (unpaired) electrons. The molecule has 3 N–H and O–H groups in total. The van der Waals surface area contributed by atoms with Crippen molar-refractivity contribution < 1.29 is 4.79 Å². The molecular formula is C12H16ClN3O. The highest BCUT2D eigenvalue weighted by Gasteiger charge is 2.22. The smallest absolute Gasteiger partial charge is 0.250 e. The molecule has 0 bridgehead atoms.